The van der Waals surface area contributed by atoms with E-state index in [0.717, 1.165) is 5.01 Å². The lowest BCUT2D eigenvalue weighted by atomic mass is 10.1. The first-order chi connectivity index (χ1) is 7.07. The van der Waals surface area contributed by atoms with Gasteiger partial charge in [-0.15, -0.1) is 11.3 Å². The van der Waals surface area contributed by atoms with Gasteiger partial charge in [0.15, 0.2) is 0 Å². The van der Waals surface area contributed by atoms with Gasteiger partial charge in [-0.3, -0.25) is 4.79 Å². The largest absolute Gasteiger partial charge is 0.353 e. The minimum atomic E-state index is -2.49. The molecule has 0 aromatic carbocycles. The zero-order valence-corrected chi connectivity index (χ0v) is 8.86. The van der Waals surface area contributed by atoms with E-state index in [1.807, 2.05) is 0 Å². The summed E-state index contributed by atoms with van der Waals surface area (Å²) in [6, 6.07) is 3.45. The van der Waals surface area contributed by atoms with E-state index in [4.69, 9.17) is 0 Å². The number of carbonyl (C=O) groups excluding carboxylic acids is 1. The molecule has 0 fully saturated rings. The van der Waals surface area contributed by atoms with Crippen molar-refractivity contribution in [1.29, 1.82) is 0 Å². The monoisotopic (exact) mass is 226 g/mol. The molecule has 2 rings (SSSR count). The summed E-state index contributed by atoms with van der Waals surface area (Å²) in [4.78, 5) is 12.1. The summed E-state index contributed by atoms with van der Waals surface area (Å²) in [5.41, 5.74) is 0.00403. The van der Waals surface area contributed by atoms with Gasteiger partial charge in [-0.2, -0.15) is 5.10 Å². The minimum absolute atomic E-state index is 0.00403. The summed E-state index contributed by atoms with van der Waals surface area (Å²) in [5, 5.41) is 26.0. The highest BCUT2D eigenvalue weighted by atomic mass is 32.1. The number of hydrogen-bond donors (Lipinski definition) is 2. The highest BCUT2D eigenvalue weighted by Crippen LogP contribution is 2.25. The lowest BCUT2D eigenvalue weighted by Crippen LogP contribution is -2.46. The molecular formula is C9H10N2O3S. The fourth-order valence-electron chi connectivity index (χ4n) is 1.37. The maximum Gasteiger partial charge on any atom is 0.309 e. The zero-order chi connectivity index (χ0) is 11.1. The SMILES string of the molecule is CCN1N=C(c2cccs2)C(O)(O)C1=O. The molecule has 0 bridgehead atoms. The van der Waals surface area contributed by atoms with E-state index in [0.29, 0.717) is 11.4 Å². The van der Waals surface area contributed by atoms with Crippen molar-refractivity contribution in [1.82, 2.24) is 5.01 Å². The van der Waals surface area contributed by atoms with Gasteiger partial charge in [0.1, 0.15) is 5.71 Å². The Labute approximate surface area is 90.3 Å². The fourth-order valence-corrected chi connectivity index (χ4v) is 2.12. The van der Waals surface area contributed by atoms with E-state index < -0.39 is 11.7 Å². The Morgan fingerprint density at radius 3 is 2.80 bits per heavy atom. The molecule has 1 aliphatic heterocycles. The van der Waals surface area contributed by atoms with Crippen LogP contribution in [0.3, 0.4) is 0 Å². The summed E-state index contributed by atoms with van der Waals surface area (Å²) < 4.78 is 0. The van der Waals surface area contributed by atoms with E-state index in [9.17, 15) is 15.0 Å². The van der Waals surface area contributed by atoms with Crippen LogP contribution >= 0.6 is 11.3 Å². The van der Waals surface area contributed by atoms with E-state index >= 15 is 0 Å². The van der Waals surface area contributed by atoms with Gasteiger partial charge >= 0.3 is 5.91 Å². The smallest absolute Gasteiger partial charge is 0.309 e. The zero-order valence-electron chi connectivity index (χ0n) is 8.04. The molecule has 1 aliphatic rings. The lowest BCUT2D eigenvalue weighted by molar-refractivity contribution is -0.167. The maximum atomic E-state index is 11.5. The summed E-state index contributed by atoms with van der Waals surface area (Å²) >= 11 is 1.31. The molecule has 0 radical (unpaired) electrons. The average Bonchev–Trinajstić information content (AvgIpc) is 2.76. The standard InChI is InChI=1S/C9H10N2O3S/c1-2-11-8(12)9(13,14)7(10-11)6-4-3-5-15-6/h3-5,13-14H,2H2,1H3. The third-order valence-corrected chi connectivity index (χ3v) is 3.01. The molecule has 2 heterocycles. The minimum Gasteiger partial charge on any atom is -0.353 e. The van der Waals surface area contributed by atoms with Crippen molar-refractivity contribution in [3.05, 3.63) is 22.4 Å². The molecule has 0 saturated carbocycles. The van der Waals surface area contributed by atoms with Crippen LogP contribution in [-0.4, -0.2) is 39.2 Å². The Morgan fingerprint density at radius 1 is 1.60 bits per heavy atom. The van der Waals surface area contributed by atoms with Crippen molar-refractivity contribution in [2.24, 2.45) is 5.10 Å². The van der Waals surface area contributed by atoms with Crippen LogP contribution in [0.1, 0.15) is 11.8 Å². The first kappa shape index (κ1) is 10.3. The molecule has 2 N–H and O–H groups in total. The van der Waals surface area contributed by atoms with Crippen molar-refractivity contribution in [3.8, 4) is 0 Å². The molecule has 0 aliphatic carbocycles. The van der Waals surface area contributed by atoms with Crippen LogP contribution in [-0.2, 0) is 4.79 Å². The molecule has 0 spiro atoms. The van der Waals surface area contributed by atoms with Gasteiger partial charge in [0.05, 0.1) is 4.88 Å². The second-order valence-electron chi connectivity index (χ2n) is 3.12. The number of hydrazone groups is 1. The number of rotatable bonds is 2. The van der Waals surface area contributed by atoms with Crippen molar-refractivity contribution in [2.75, 3.05) is 6.54 Å². The maximum absolute atomic E-state index is 11.5. The first-order valence-electron chi connectivity index (χ1n) is 4.47. The van der Waals surface area contributed by atoms with Gasteiger partial charge in [-0.1, -0.05) is 6.07 Å². The molecule has 6 heteroatoms. The Morgan fingerprint density at radius 2 is 2.33 bits per heavy atom. The van der Waals surface area contributed by atoms with Gasteiger partial charge < -0.3 is 10.2 Å². The summed E-state index contributed by atoms with van der Waals surface area (Å²) in [7, 11) is 0. The Kier molecular flexibility index (Phi) is 2.34. The highest BCUT2D eigenvalue weighted by Gasteiger charge is 2.49. The van der Waals surface area contributed by atoms with Crippen LogP contribution in [0.5, 0.6) is 0 Å². The van der Waals surface area contributed by atoms with E-state index in [2.05, 4.69) is 5.10 Å². The van der Waals surface area contributed by atoms with E-state index in [-0.39, 0.29) is 5.71 Å². The van der Waals surface area contributed by atoms with Crippen LogP contribution in [0.4, 0.5) is 0 Å². The number of aliphatic hydroxyl groups is 2. The van der Waals surface area contributed by atoms with Crippen molar-refractivity contribution >= 4 is 23.0 Å². The Hall–Kier alpha value is -1.24. The topological polar surface area (TPSA) is 73.1 Å². The quantitative estimate of drug-likeness (QED) is 0.697. The number of thiophene rings is 1. The van der Waals surface area contributed by atoms with Crippen molar-refractivity contribution in [3.63, 3.8) is 0 Å². The van der Waals surface area contributed by atoms with Crippen molar-refractivity contribution < 1.29 is 15.0 Å². The molecule has 1 aromatic heterocycles. The van der Waals surface area contributed by atoms with Gasteiger partial charge in [0.2, 0.25) is 0 Å². The predicted molar refractivity (Wildman–Crippen MR) is 55.4 cm³/mol. The second kappa shape index (κ2) is 3.41. The number of amides is 1. The van der Waals surface area contributed by atoms with Crippen LogP contribution < -0.4 is 0 Å². The van der Waals surface area contributed by atoms with Crippen LogP contribution in [0, 0.1) is 0 Å². The predicted octanol–water partition coefficient (Wildman–Crippen LogP) is -0.00480. The molecule has 80 valence electrons. The van der Waals surface area contributed by atoms with Gasteiger partial charge in [0.25, 0.3) is 5.79 Å². The second-order valence-corrected chi connectivity index (χ2v) is 4.07. The third-order valence-electron chi connectivity index (χ3n) is 2.14. The van der Waals surface area contributed by atoms with E-state index in [1.165, 1.54) is 11.3 Å². The van der Waals surface area contributed by atoms with Gasteiger partial charge in [0, 0.05) is 6.54 Å². The number of carbonyl (C=O) groups is 1. The fraction of sp³-hybridized carbons (Fsp3) is 0.333. The van der Waals surface area contributed by atoms with E-state index in [1.54, 1.807) is 24.4 Å². The average molecular weight is 226 g/mol. The molecule has 1 amide bonds. The number of nitrogens with zero attached hydrogens (tertiary/aromatic N) is 2. The van der Waals surface area contributed by atoms with Crippen LogP contribution in [0.2, 0.25) is 0 Å². The summed E-state index contributed by atoms with van der Waals surface area (Å²) in [6.45, 7) is 2.03. The van der Waals surface area contributed by atoms with Gasteiger partial charge in [-0.05, 0) is 18.4 Å². The molecular weight excluding hydrogens is 216 g/mol. The molecule has 0 atom stereocenters. The molecule has 0 unspecified atom stereocenters. The molecule has 5 nitrogen and oxygen atoms in total. The third kappa shape index (κ3) is 1.46. The summed E-state index contributed by atoms with van der Waals surface area (Å²) in [5.74, 6) is -3.28. The van der Waals surface area contributed by atoms with Crippen molar-refractivity contribution in [2.45, 2.75) is 12.7 Å². The highest BCUT2D eigenvalue weighted by molar-refractivity contribution is 7.12. The molecule has 1 aromatic rings. The Balaban J connectivity index is 2.44. The van der Waals surface area contributed by atoms with Crippen LogP contribution in [0.25, 0.3) is 0 Å². The molecule has 0 saturated heterocycles. The van der Waals surface area contributed by atoms with Crippen LogP contribution in [0.15, 0.2) is 22.6 Å². The lowest BCUT2D eigenvalue weighted by Gasteiger charge is -2.15. The number of likely N-dealkylation sites (N-methyl/N-ethyl adjacent to an activating group) is 1. The van der Waals surface area contributed by atoms with Gasteiger partial charge in [-0.25, -0.2) is 5.01 Å². The first-order valence-corrected chi connectivity index (χ1v) is 5.35. The number of hydrogen-bond acceptors (Lipinski definition) is 5. The summed E-state index contributed by atoms with van der Waals surface area (Å²) in [6.07, 6.45) is 0. The Bertz CT molecular complexity index is 411. The molecule has 15 heavy (non-hydrogen) atoms. The normalized spacial score (nSPS) is 19.5.